The van der Waals surface area contributed by atoms with Gasteiger partial charge in [-0.25, -0.2) is 9.97 Å². The molecule has 0 amide bonds. The fourth-order valence-corrected chi connectivity index (χ4v) is 2.08. The maximum absolute atomic E-state index is 6.04. The summed E-state index contributed by atoms with van der Waals surface area (Å²) in [4.78, 5) is 8.17. The van der Waals surface area contributed by atoms with Crippen molar-refractivity contribution in [2.45, 2.75) is 0 Å². The van der Waals surface area contributed by atoms with E-state index in [1.165, 1.54) is 12.4 Å². The van der Waals surface area contributed by atoms with Crippen molar-refractivity contribution in [1.82, 2.24) is 9.97 Å². The van der Waals surface area contributed by atoms with E-state index in [9.17, 15) is 0 Å². The predicted molar refractivity (Wildman–Crippen MR) is 77.1 cm³/mol. The molecule has 1 heterocycles. The van der Waals surface area contributed by atoms with Crippen LogP contribution in [-0.2, 0) is 0 Å². The number of rotatable bonds is 3. The second-order valence-electron chi connectivity index (χ2n) is 3.25. The normalized spacial score (nSPS) is 10.1. The highest BCUT2D eigenvalue weighted by atomic mass is 79.9. The molecule has 0 aliphatic heterocycles. The van der Waals surface area contributed by atoms with Crippen LogP contribution >= 0.6 is 39.7 Å². The summed E-state index contributed by atoms with van der Waals surface area (Å²) in [5, 5.41) is 0.448. The first kappa shape index (κ1) is 13.2. The third-order valence-corrected chi connectivity index (χ3v) is 2.98. The minimum Gasteiger partial charge on any atom is -0.435 e. The van der Waals surface area contributed by atoms with Crippen LogP contribution in [0.1, 0.15) is 5.69 Å². The van der Waals surface area contributed by atoms with Gasteiger partial charge in [-0.15, -0.1) is 0 Å². The van der Waals surface area contributed by atoms with Gasteiger partial charge in [-0.2, -0.15) is 0 Å². The van der Waals surface area contributed by atoms with Gasteiger partial charge in [0.15, 0.2) is 5.69 Å². The summed E-state index contributed by atoms with van der Waals surface area (Å²) in [6.07, 6.45) is 2.98. The zero-order valence-corrected chi connectivity index (χ0v) is 12.1. The van der Waals surface area contributed by atoms with Gasteiger partial charge in [-0.05, 0) is 18.2 Å². The summed E-state index contributed by atoms with van der Waals surface area (Å²) in [6.45, 7) is 0. The van der Waals surface area contributed by atoms with Gasteiger partial charge in [-0.1, -0.05) is 39.7 Å². The van der Waals surface area contributed by atoms with Gasteiger partial charge >= 0.3 is 0 Å². The lowest BCUT2D eigenvalue weighted by molar-refractivity contribution is 0.459. The summed E-state index contributed by atoms with van der Waals surface area (Å²) < 4.78 is 6.42. The molecule has 0 aliphatic carbocycles. The van der Waals surface area contributed by atoms with E-state index in [0.717, 1.165) is 4.47 Å². The third-order valence-electron chi connectivity index (χ3n) is 2.00. The Bertz CT molecular complexity index is 609. The van der Waals surface area contributed by atoms with Crippen molar-refractivity contribution in [3.05, 3.63) is 45.8 Å². The Labute approximate surface area is 122 Å². The standard InChI is InChI=1S/C11H7BrClN3OS/c12-6-1-2-8(7(13)5-6)17-11-9(10(14)18)15-3-4-16-11/h1-5H,(H2,14,18). The fraction of sp³-hybridized carbons (Fsp3) is 0. The summed E-state index contributed by atoms with van der Waals surface area (Å²) in [5.41, 5.74) is 5.86. The van der Waals surface area contributed by atoms with E-state index in [4.69, 9.17) is 34.3 Å². The van der Waals surface area contributed by atoms with E-state index in [1.807, 2.05) is 0 Å². The van der Waals surface area contributed by atoms with Gasteiger partial charge < -0.3 is 10.5 Å². The Morgan fingerprint density at radius 2 is 2.06 bits per heavy atom. The number of ether oxygens (including phenoxy) is 1. The van der Waals surface area contributed by atoms with E-state index in [0.29, 0.717) is 16.5 Å². The monoisotopic (exact) mass is 343 g/mol. The van der Waals surface area contributed by atoms with Crippen LogP contribution in [0.4, 0.5) is 0 Å². The summed E-state index contributed by atoms with van der Waals surface area (Å²) in [6, 6.07) is 5.23. The molecule has 2 rings (SSSR count). The van der Waals surface area contributed by atoms with Crippen molar-refractivity contribution in [3.8, 4) is 11.6 Å². The highest BCUT2D eigenvalue weighted by Crippen LogP contribution is 2.31. The molecule has 1 aromatic heterocycles. The number of aromatic nitrogens is 2. The number of halogens is 2. The quantitative estimate of drug-likeness (QED) is 0.866. The first-order valence-corrected chi connectivity index (χ1v) is 6.39. The number of nitrogens with two attached hydrogens (primary N) is 1. The highest BCUT2D eigenvalue weighted by molar-refractivity contribution is 9.10. The molecule has 92 valence electrons. The van der Waals surface area contributed by atoms with Crippen LogP contribution in [0.25, 0.3) is 0 Å². The summed E-state index contributed by atoms with van der Waals surface area (Å²) in [7, 11) is 0. The third kappa shape index (κ3) is 2.95. The van der Waals surface area contributed by atoms with E-state index < -0.39 is 0 Å². The van der Waals surface area contributed by atoms with Crippen molar-refractivity contribution in [2.75, 3.05) is 0 Å². The molecule has 7 heteroatoms. The second kappa shape index (κ2) is 5.60. The highest BCUT2D eigenvalue weighted by Gasteiger charge is 2.12. The second-order valence-corrected chi connectivity index (χ2v) is 5.01. The van der Waals surface area contributed by atoms with Crippen molar-refractivity contribution >= 4 is 44.7 Å². The van der Waals surface area contributed by atoms with Crippen LogP contribution in [-0.4, -0.2) is 15.0 Å². The molecule has 0 saturated heterocycles. The molecule has 0 spiro atoms. The van der Waals surface area contributed by atoms with Gasteiger partial charge in [0, 0.05) is 16.9 Å². The molecule has 0 saturated carbocycles. The summed E-state index contributed by atoms with van der Waals surface area (Å²) >= 11 is 14.2. The lowest BCUT2D eigenvalue weighted by atomic mass is 10.3. The van der Waals surface area contributed by atoms with Crippen LogP contribution < -0.4 is 10.5 Å². The van der Waals surface area contributed by atoms with Crippen LogP contribution in [0.3, 0.4) is 0 Å². The first-order chi connectivity index (χ1) is 8.58. The molecule has 0 aliphatic rings. The maximum atomic E-state index is 6.04. The molecule has 1 aromatic carbocycles. The lowest BCUT2D eigenvalue weighted by Gasteiger charge is -2.09. The molecule has 0 radical (unpaired) electrons. The molecule has 0 bridgehead atoms. The molecule has 0 unspecified atom stereocenters. The largest absolute Gasteiger partial charge is 0.435 e. The molecular weight excluding hydrogens is 338 g/mol. The Kier molecular flexibility index (Phi) is 4.11. The van der Waals surface area contributed by atoms with Crippen LogP contribution in [0.5, 0.6) is 11.6 Å². The molecule has 0 fully saturated rings. The van der Waals surface area contributed by atoms with E-state index in [1.54, 1.807) is 18.2 Å². The Morgan fingerprint density at radius 3 is 2.72 bits per heavy atom. The fourth-order valence-electron chi connectivity index (χ4n) is 1.23. The van der Waals surface area contributed by atoms with Crippen LogP contribution in [0, 0.1) is 0 Å². The maximum Gasteiger partial charge on any atom is 0.248 e. The number of hydrogen-bond acceptors (Lipinski definition) is 4. The van der Waals surface area contributed by atoms with Gasteiger partial charge in [0.1, 0.15) is 10.7 Å². The Morgan fingerprint density at radius 1 is 1.33 bits per heavy atom. The molecular formula is C11H7BrClN3OS. The van der Waals surface area contributed by atoms with Crippen molar-refractivity contribution < 1.29 is 4.74 Å². The molecule has 2 N–H and O–H groups in total. The molecule has 0 atom stereocenters. The lowest BCUT2D eigenvalue weighted by Crippen LogP contribution is -2.13. The minimum atomic E-state index is 0.117. The smallest absolute Gasteiger partial charge is 0.248 e. The van der Waals surface area contributed by atoms with Gasteiger partial charge in [0.25, 0.3) is 0 Å². The number of thiocarbonyl (C=S) groups is 1. The Balaban J connectivity index is 2.37. The minimum absolute atomic E-state index is 0.117. The first-order valence-electron chi connectivity index (χ1n) is 4.81. The topological polar surface area (TPSA) is 61.0 Å². The van der Waals surface area contributed by atoms with Gasteiger partial charge in [0.2, 0.25) is 5.88 Å². The number of nitrogens with zero attached hydrogens (tertiary/aromatic N) is 2. The number of hydrogen-bond donors (Lipinski definition) is 1. The van der Waals surface area contributed by atoms with Gasteiger partial charge in [0.05, 0.1) is 5.02 Å². The van der Waals surface area contributed by atoms with Crippen molar-refractivity contribution in [3.63, 3.8) is 0 Å². The van der Waals surface area contributed by atoms with E-state index in [2.05, 4.69) is 25.9 Å². The number of benzene rings is 1. The average molecular weight is 345 g/mol. The van der Waals surface area contributed by atoms with E-state index >= 15 is 0 Å². The zero-order chi connectivity index (χ0) is 13.1. The van der Waals surface area contributed by atoms with E-state index in [-0.39, 0.29) is 10.9 Å². The predicted octanol–water partition coefficient (Wildman–Crippen LogP) is 3.32. The molecule has 4 nitrogen and oxygen atoms in total. The molecule has 2 aromatic rings. The summed E-state index contributed by atoms with van der Waals surface area (Å²) in [5.74, 6) is 0.687. The van der Waals surface area contributed by atoms with Crippen molar-refractivity contribution in [2.24, 2.45) is 5.73 Å². The van der Waals surface area contributed by atoms with Crippen LogP contribution in [0.2, 0.25) is 5.02 Å². The van der Waals surface area contributed by atoms with Crippen molar-refractivity contribution in [1.29, 1.82) is 0 Å². The van der Waals surface area contributed by atoms with Crippen LogP contribution in [0.15, 0.2) is 35.1 Å². The Hall–Kier alpha value is -1.24. The SMILES string of the molecule is NC(=S)c1nccnc1Oc1ccc(Br)cc1Cl. The zero-order valence-electron chi connectivity index (χ0n) is 8.93. The molecule has 18 heavy (non-hydrogen) atoms. The average Bonchev–Trinajstić information content (AvgIpc) is 2.33. The van der Waals surface area contributed by atoms with Gasteiger partial charge in [-0.3, -0.25) is 0 Å².